The Balaban J connectivity index is 2.01. The molecule has 1 aromatic rings. The van der Waals surface area contributed by atoms with Crippen LogP contribution in [0.15, 0.2) is 18.2 Å². The molecule has 0 heterocycles. The van der Waals surface area contributed by atoms with E-state index >= 15 is 0 Å². The molecule has 0 atom stereocenters. The number of rotatable bonds is 6. The molecule has 1 fully saturated rings. The van der Waals surface area contributed by atoms with Crippen LogP contribution >= 0.6 is 0 Å². The number of aryl methyl sites for hydroxylation is 1. The van der Waals surface area contributed by atoms with E-state index in [1.54, 1.807) is 7.11 Å². The van der Waals surface area contributed by atoms with Crippen molar-refractivity contribution >= 4 is 5.69 Å². The summed E-state index contributed by atoms with van der Waals surface area (Å²) in [4.78, 5) is 0. The maximum Gasteiger partial charge on any atom is 0.122 e. The standard InChI is InChI=1S/C14H21NO2/c1-3-11-8-12(4-5-13(11)17-2)15-9-14(10-16)6-7-14/h4-5,8,15-16H,3,6-7,9-10H2,1-2H3. The van der Waals surface area contributed by atoms with E-state index in [2.05, 4.69) is 18.3 Å². The van der Waals surface area contributed by atoms with E-state index in [0.29, 0.717) is 0 Å². The predicted molar refractivity (Wildman–Crippen MR) is 69.6 cm³/mol. The molecule has 2 N–H and O–H groups in total. The van der Waals surface area contributed by atoms with Gasteiger partial charge in [-0.3, -0.25) is 0 Å². The predicted octanol–water partition coefficient (Wildman–Crippen LogP) is 2.44. The van der Waals surface area contributed by atoms with Crippen molar-refractivity contribution in [1.82, 2.24) is 0 Å². The number of nitrogens with one attached hydrogen (secondary N) is 1. The second-order valence-electron chi connectivity index (χ2n) is 4.89. The third-order valence-corrected chi connectivity index (χ3v) is 3.62. The van der Waals surface area contributed by atoms with Crippen molar-refractivity contribution in [2.75, 3.05) is 25.6 Å². The van der Waals surface area contributed by atoms with Crippen molar-refractivity contribution in [2.45, 2.75) is 26.2 Å². The van der Waals surface area contributed by atoms with Crippen LogP contribution in [0.3, 0.4) is 0 Å². The Bertz CT molecular complexity index is 386. The molecule has 0 amide bonds. The molecule has 2 rings (SSSR count). The third kappa shape index (κ3) is 2.72. The van der Waals surface area contributed by atoms with Gasteiger partial charge in [-0.1, -0.05) is 6.92 Å². The van der Waals surface area contributed by atoms with Gasteiger partial charge in [-0.05, 0) is 43.0 Å². The van der Waals surface area contributed by atoms with Crippen LogP contribution in [-0.2, 0) is 6.42 Å². The van der Waals surface area contributed by atoms with Gasteiger partial charge in [-0.2, -0.15) is 0 Å². The van der Waals surface area contributed by atoms with E-state index in [4.69, 9.17) is 4.74 Å². The Labute approximate surface area is 103 Å². The number of benzene rings is 1. The molecule has 0 radical (unpaired) electrons. The van der Waals surface area contributed by atoms with Crippen molar-refractivity contribution in [1.29, 1.82) is 0 Å². The lowest BCUT2D eigenvalue weighted by atomic mass is 10.1. The number of aliphatic hydroxyl groups excluding tert-OH is 1. The van der Waals surface area contributed by atoms with Crippen LogP contribution in [0.1, 0.15) is 25.3 Å². The van der Waals surface area contributed by atoms with Crippen LogP contribution in [0.25, 0.3) is 0 Å². The van der Waals surface area contributed by atoms with Gasteiger partial charge in [0.25, 0.3) is 0 Å². The highest BCUT2D eigenvalue weighted by Gasteiger charge is 2.41. The maximum atomic E-state index is 9.26. The van der Waals surface area contributed by atoms with E-state index in [-0.39, 0.29) is 12.0 Å². The van der Waals surface area contributed by atoms with Crippen molar-refractivity contribution in [3.05, 3.63) is 23.8 Å². The Hall–Kier alpha value is -1.22. The molecule has 1 saturated carbocycles. The normalized spacial score (nSPS) is 16.6. The fourth-order valence-electron chi connectivity index (χ4n) is 2.02. The smallest absolute Gasteiger partial charge is 0.122 e. The minimum Gasteiger partial charge on any atom is -0.496 e. The van der Waals surface area contributed by atoms with Gasteiger partial charge in [-0.25, -0.2) is 0 Å². The molecule has 0 aliphatic heterocycles. The van der Waals surface area contributed by atoms with Gasteiger partial charge < -0.3 is 15.2 Å². The van der Waals surface area contributed by atoms with Crippen LogP contribution in [0.2, 0.25) is 0 Å². The number of anilines is 1. The second-order valence-corrected chi connectivity index (χ2v) is 4.89. The summed E-state index contributed by atoms with van der Waals surface area (Å²) in [6.45, 7) is 3.27. The Morgan fingerprint density at radius 1 is 1.41 bits per heavy atom. The van der Waals surface area contributed by atoms with E-state index < -0.39 is 0 Å². The molecule has 0 saturated heterocycles. The molecule has 1 aromatic carbocycles. The van der Waals surface area contributed by atoms with Crippen LogP contribution in [-0.4, -0.2) is 25.4 Å². The summed E-state index contributed by atoms with van der Waals surface area (Å²) < 4.78 is 5.30. The van der Waals surface area contributed by atoms with Crippen LogP contribution in [0, 0.1) is 5.41 Å². The molecule has 94 valence electrons. The Morgan fingerprint density at radius 2 is 2.18 bits per heavy atom. The topological polar surface area (TPSA) is 41.5 Å². The number of aliphatic hydroxyl groups is 1. The number of methoxy groups -OCH3 is 1. The molecule has 1 aliphatic rings. The minimum absolute atomic E-state index is 0.145. The number of ether oxygens (including phenoxy) is 1. The summed E-state index contributed by atoms with van der Waals surface area (Å²) in [5.74, 6) is 0.946. The lowest BCUT2D eigenvalue weighted by Crippen LogP contribution is -2.19. The van der Waals surface area contributed by atoms with E-state index in [0.717, 1.165) is 37.2 Å². The van der Waals surface area contributed by atoms with Gasteiger partial charge in [0.1, 0.15) is 5.75 Å². The number of hydrogen-bond acceptors (Lipinski definition) is 3. The first-order chi connectivity index (χ1) is 8.23. The zero-order valence-electron chi connectivity index (χ0n) is 10.6. The average molecular weight is 235 g/mol. The van der Waals surface area contributed by atoms with Gasteiger partial charge in [0, 0.05) is 17.6 Å². The highest BCUT2D eigenvalue weighted by molar-refractivity contribution is 5.51. The largest absolute Gasteiger partial charge is 0.496 e. The van der Waals surface area contributed by atoms with Gasteiger partial charge in [0.15, 0.2) is 0 Å². The van der Waals surface area contributed by atoms with Gasteiger partial charge in [0.2, 0.25) is 0 Å². The summed E-state index contributed by atoms with van der Waals surface area (Å²) in [5, 5.41) is 12.7. The number of hydrogen-bond donors (Lipinski definition) is 2. The van der Waals surface area contributed by atoms with Crippen molar-refractivity contribution in [3.8, 4) is 5.75 Å². The first-order valence-electron chi connectivity index (χ1n) is 6.25. The van der Waals surface area contributed by atoms with Gasteiger partial charge in [-0.15, -0.1) is 0 Å². The van der Waals surface area contributed by atoms with Crippen LogP contribution in [0.4, 0.5) is 5.69 Å². The lowest BCUT2D eigenvalue weighted by Gasteiger charge is -2.15. The Kier molecular flexibility index (Phi) is 3.57. The van der Waals surface area contributed by atoms with Crippen LogP contribution < -0.4 is 10.1 Å². The molecule has 0 unspecified atom stereocenters. The van der Waals surface area contributed by atoms with Crippen LogP contribution in [0.5, 0.6) is 5.75 Å². The first-order valence-corrected chi connectivity index (χ1v) is 6.25. The quantitative estimate of drug-likeness (QED) is 0.795. The minimum atomic E-state index is 0.145. The zero-order chi connectivity index (χ0) is 12.3. The molecule has 1 aliphatic carbocycles. The molecule has 0 bridgehead atoms. The molecule has 3 heteroatoms. The summed E-state index contributed by atoms with van der Waals surface area (Å²) in [7, 11) is 1.70. The average Bonchev–Trinajstić information content (AvgIpc) is 3.16. The summed E-state index contributed by atoms with van der Waals surface area (Å²) in [6, 6.07) is 6.16. The summed E-state index contributed by atoms with van der Waals surface area (Å²) in [5.41, 5.74) is 2.47. The van der Waals surface area contributed by atoms with Crippen molar-refractivity contribution in [3.63, 3.8) is 0 Å². The van der Waals surface area contributed by atoms with E-state index in [9.17, 15) is 5.11 Å². The fraction of sp³-hybridized carbons (Fsp3) is 0.571. The van der Waals surface area contributed by atoms with Crippen molar-refractivity contribution in [2.24, 2.45) is 5.41 Å². The molecule has 0 aromatic heterocycles. The molecule has 17 heavy (non-hydrogen) atoms. The second kappa shape index (κ2) is 4.96. The summed E-state index contributed by atoms with van der Waals surface area (Å²) >= 11 is 0. The van der Waals surface area contributed by atoms with Gasteiger partial charge >= 0.3 is 0 Å². The lowest BCUT2D eigenvalue weighted by molar-refractivity contribution is 0.220. The van der Waals surface area contributed by atoms with Crippen molar-refractivity contribution < 1.29 is 9.84 Å². The van der Waals surface area contributed by atoms with Gasteiger partial charge in [0.05, 0.1) is 13.7 Å². The first kappa shape index (κ1) is 12.2. The third-order valence-electron chi connectivity index (χ3n) is 3.62. The highest BCUT2D eigenvalue weighted by atomic mass is 16.5. The van der Waals surface area contributed by atoms with E-state index in [1.807, 2.05) is 12.1 Å². The highest BCUT2D eigenvalue weighted by Crippen LogP contribution is 2.45. The maximum absolute atomic E-state index is 9.26. The fourth-order valence-corrected chi connectivity index (χ4v) is 2.02. The SMILES string of the molecule is CCc1cc(NCC2(CO)CC2)ccc1OC. The summed E-state index contributed by atoms with van der Waals surface area (Å²) in [6.07, 6.45) is 3.23. The Morgan fingerprint density at radius 3 is 2.71 bits per heavy atom. The van der Waals surface area contributed by atoms with E-state index in [1.165, 1.54) is 5.56 Å². The molecular formula is C14H21NO2. The zero-order valence-corrected chi connectivity index (χ0v) is 10.6. The monoisotopic (exact) mass is 235 g/mol. The molecular weight excluding hydrogens is 214 g/mol. The molecule has 3 nitrogen and oxygen atoms in total. The molecule has 0 spiro atoms.